The first kappa shape index (κ1) is 24.6. The van der Waals surface area contributed by atoms with Crippen LogP contribution in [0.4, 0.5) is 5.69 Å². The molecule has 3 aromatic carbocycles. The molecule has 1 aliphatic heterocycles. The highest BCUT2D eigenvalue weighted by Crippen LogP contribution is 2.45. The van der Waals surface area contributed by atoms with Crippen LogP contribution in [0.5, 0.6) is 11.5 Å². The van der Waals surface area contributed by atoms with E-state index in [0.29, 0.717) is 23.6 Å². The summed E-state index contributed by atoms with van der Waals surface area (Å²) in [7, 11) is 1.39. The maximum atomic E-state index is 13.4. The first-order valence-electron chi connectivity index (χ1n) is 10.9. The minimum atomic E-state index is -0.907. The number of amides is 1. The van der Waals surface area contributed by atoms with Crippen molar-refractivity contribution >= 4 is 46.3 Å². The molecule has 1 N–H and O–H groups in total. The number of hydrogen-bond donors (Lipinski definition) is 1. The number of nitrogens with zero attached hydrogens (tertiary/aromatic N) is 1. The Morgan fingerprint density at radius 3 is 2.40 bits per heavy atom. The number of aryl methyl sites for hydroxylation is 1. The molecule has 0 radical (unpaired) electrons. The lowest BCUT2D eigenvalue weighted by Gasteiger charge is -2.26. The summed E-state index contributed by atoms with van der Waals surface area (Å²) in [5.41, 5.74) is 2.07. The van der Waals surface area contributed by atoms with Crippen LogP contribution >= 0.6 is 23.2 Å². The molecule has 1 heterocycles. The number of methoxy groups -OCH3 is 1. The normalized spacial score (nSPS) is 17.1. The second-order valence-electron chi connectivity index (χ2n) is 7.98. The number of halogens is 2. The zero-order chi connectivity index (χ0) is 25.3. The smallest absolute Gasteiger partial charge is 0.300 e. The standard InChI is InChI=1S/C27H23Cl2NO5/c1-4-35-19-10-8-16(9-11-19)23-22(24(31)20-13-17(28)14-21(29)26(20)34-3)25(32)27(33)30(23)18-7-5-6-15(2)12-18/h5-14,23,31H,4H2,1-3H3/b24-22+. The second-order valence-corrected chi connectivity index (χ2v) is 8.82. The SMILES string of the molecule is CCOc1ccc(C2/C(=C(\O)c3cc(Cl)cc(Cl)c3OC)C(=O)C(=O)N2c2cccc(C)c2)cc1. The summed E-state index contributed by atoms with van der Waals surface area (Å²) >= 11 is 12.5. The van der Waals surface area contributed by atoms with Crippen LogP contribution in [0.15, 0.2) is 66.2 Å². The maximum absolute atomic E-state index is 13.4. The van der Waals surface area contributed by atoms with Crippen LogP contribution < -0.4 is 14.4 Å². The van der Waals surface area contributed by atoms with E-state index in [1.807, 2.05) is 26.0 Å². The molecule has 8 heteroatoms. The minimum absolute atomic E-state index is 0.0997. The van der Waals surface area contributed by atoms with Crippen molar-refractivity contribution in [3.05, 3.63) is 93.0 Å². The van der Waals surface area contributed by atoms with Crippen molar-refractivity contribution in [3.8, 4) is 11.5 Å². The van der Waals surface area contributed by atoms with Crippen LogP contribution in [0.1, 0.15) is 29.7 Å². The molecule has 0 saturated carbocycles. The van der Waals surface area contributed by atoms with Crippen LogP contribution in [0.3, 0.4) is 0 Å². The second kappa shape index (κ2) is 10.0. The van der Waals surface area contributed by atoms with Crippen LogP contribution in [0.2, 0.25) is 10.0 Å². The molecule has 0 aromatic heterocycles. The first-order valence-corrected chi connectivity index (χ1v) is 11.7. The van der Waals surface area contributed by atoms with Crippen molar-refractivity contribution in [2.45, 2.75) is 19.9 Å². The lowest BCUT2D eigenvalue weighted by molar-refractivity contribution is -0.132. The number of anilines is 1. The van der Waals surface area contributed by atoms with E-state index in [2.05, 4.69) is 0 Å². The summed E-state index contributed by atoms with van der Waals surface area (Å²) in [6, 6.07) is 16.3. The molecule has 0 aliphatic carbocycles. The molecule has 4 rings (SSSR count). The molecular weight excluding hydrogens is 489 g/mol. The van der Waals surface area contributed by atoms with Gasteiger partial charge in [0, 0.05) is 10.7 Å². The van der Waals surface area contributed by atoms with Gasteiger partial charge in [-0.15, -0.1) is 0 Å². The van der Waals surface area contributed by atoms with E-state index in [0.717, 1.165) is 5.56 Å². The number of ketones is 1. The monoisotopic (exact) mass is 511 g/mol. The average Bonchev–Trinajstić information content (AvgIpc) is 3.09. The van der Waals surface area contributed by atoms with Gasteiger partial charge in [-0.1, -0.05) is 47.5 Å². The summed E-state index contributed by atoms with van der Waals surface area (Å²) < 4.78 is 10.9. The highest BCUT2D eigenvalue weighted by molar-refractivity contribution is 6.52. The quantitative estimate of drug-likeness (QED) is 0.237. The maximum Gasteiger partial charge on any atom is 0.300 e. The summed E-state index contributed by atoms with van der Waals surface area (Å²) in [6.45, 7) is 4.27. The summed E-state index contributed by atoms with van der Waals surface area (Å²) in [6.07, 6.45) is 0. The van der Waals surface area contributed by atoms with Gasteiger partial charge in [-0.3, -0.25) is 14.5 Å². The molecule has 1 unspecified atom stereocenters. The van der Waals surface area contributed by atoms with Crippen molar-refractivity contribution in [1.29, 1.82) is 0 Å². The van der Waals surface area contributed by atoms with E-state index in [1.54, 1.807) is 36.4 Å². The number of hydrogen-bond acceptors (Lipinski definition) is 5. The van der Waals surface area contributed by atoms with E-state index in [4.69, 9.17) is 32.7 Å². The minimum Gasteiger partial charge on any atom is -0.507 e. The van der Waals surface area contributed by atoms with Gasteiger partial charge in [-0.25, -0.2) is 0 Å². The van der Waals surface area contributed by atoms with Gasteiger partial charge in [0.25, 0.3) is 11.7 Å². The molecule has 6 nitrogen and oxygen atoms in total. The molecule has 0 spiro atoms. The molecule has 1 atom stereocenters. The zero-order valence-electron chi connectivity index (χ0n) is 19.3. The number of carbonyl (C=O) groups excluding carboxylic acids is 2. The van der Waals surface area contributed by atoms with Crippen molar-refractivity contribution in [2.24, 2.45) is 0 Å². The number of rotatable bonds is 6. The van der Waals surface area contributed by atoms with Gasteiger partial charge in [0.15, 0.2) is 0 Å². The average molecular weight is 512 g/mol. The van der Waals surface area contributed by atoms with Gasteiger partial charge in [0.1, 0.15) is 17.3 Å². The number of aliphatic hydroxyl groups is 1. The first-order chi connectivity index (χ1) is 16.8. The van der Waals surface area contributed by atoms with Crippen LogP contribution in [0, 0.1) is 6.92 Å². The number of Topliss-reactive ketones (excluding diaryl/α,β-unsaturated/α-hetero) is 1. The molecular formula is C27H23Cl2NO5. The van der Waals surface area contributed by atoms with Crippen molar-refractivity contribution in [2.75, 3.05) is 18.6 Å². The van der Waals surface area contributed by atoms with Crippen molar-refractivity contribution < 1.29 is 24.2 Å². The van der Waals surface area contributed by atoms with Gasteiger partial charge < -0.3 is 14.6 Å². The van der Waals surface area contributed by atoms with Crippen molar-refractivity contribution in [1.82, 2.24) is 0 Å². The van der Waals surface area contributed by atoms with Crippen LogP contribution in [-0.4, -0.2) is 30.5 Å². The van der Waals surface area contributed by atoms with Gasteiger partial charge in [0.2, 0.25) is 0 Å². The molecule has 35 heavy (non-hydrogen) atoms. The Hall–Kier alpha value is -3.48. The van der Waals surface area contributed by atoms with E-state index < -0.39 is 23.5 Å². The van der Waals surface area contributed by atoms with Gasteiger partial charge >= 0.3 is 0 Å². The van der Waals surface area contributed by atoms with E-state index >= 15 is 0 Å². The van der Waals surface area contributed by atoms with Crippen LogP contribution in [-0.2, 0) is 9.59 Å². The molecule has 0 bridgehead atoms. The summed E-state index contributed by atoms with van der Waals surface area (Å²) in [5, 5.41) is 11.8. The molecule has 1 saturated heterocycles. The summed E-state index contributed by atoms with van der Waals surface area (Å²) in [4.78, 5) is 28.1. The third kappa shape index (κ3) is 4.59. The van der Waals surface area contributed by atoms with E-state index in [-0.39, 0.29) is 26.9 Å². The van der Waals surface area contributed by atoms with E-state index in [9.17, 15) is 14.7 Å². The van der Waals surface area contributed by atoms with Gasteiger partial charge in [-0.2, -0.15) is 0 Å². The third-order valence-corrected chi connectivity index (χ3v) is 6.20. The fourth-order valence-electron chi connectivity index (χ4n) is 4.19. The highest BCUT2D eigenvalue weighted by atomic mass is 35.5. The Morgan fingerprint density at radius 2 is 1.77 bits per heavy atom. The molecule has 1 aliphatic rings. The Morgan fingerprint density at radius 1 is 1.06 bits per heavy atom. The van der Waals surface area contributed by atoms with Crippen LogP contribution in [0.25, 0.3) is 5.76 Å². The predicted octanol–water partition coefficient (Wildman–Crippen LogP) is 6.34. The zero-order valence-corrected chi connectivity index (χ0v) is 20.9. The fraction of sp³-hybridized carbons (Fsp3) is 0.185. The van der Waals surface area contributed by atoms with Gasteiger partial charge in [-0.05, 0) is 61.4 Å². The van der Waals surface area contributed by atoms with Gasteiger partial charge in [0.05, 0.1) is 35.9 Å². The Labute approximate surface area is 213 Å². The lowest BCUT2D eigenvalue weighted by atomic mass is 9.94. The Kier molecular flexibility index (Phi) is 7.05. The number of benzene rings is 3. The molecule has 1 amide bonds. The third-order valence-electron chi connectivity index (χ3n) is 5.70. The topological polar surface area (TPSA) is 76.1 Å². The summed E-state index contributed by atoms with van der Waals surface area (Å²) in [5.74, 6) is -1.24. The largest absolute Gasteiger partial charge is 0.507 e. The molecule has 3 aromatic rings. The highest BCUT2D eigenvalue weighted by Gasteiger charge is 2.47. The van der Waals surface area contributed by atoms with E-state index in [1.165, 1.54) is 24.1 Å². The number of aliphatic hydroxyl groups excluding tert-OH is 1. The fourth-order valence-corrected chi connectivity index (χ4v) is 4.76. The Balaban J connectivity index is 1.98. The predicted molar refractivity (Wildman–Crippen MR) is 137 cm³/mol. The Bertz CT molecular complexity index is 1330. The van der Waals surface area contributed by atoms with Crippen molar-refractivity contribution in [3.63, 3.8) is 0 Å². The lowest BCUT2D eigenvalue weighted by Crippen LogP contribution is -2.29. The molecule has 180 valence electrons. The number of carbonyl (C=O) groups is 2. The number of ether oxygens (including phenoxy) is 2. The molecule has 1 fully saturated rings.